The molecular formula is C19H18BrN3O2S. The fourth-order valence-corrected chi connectivity index (χ4v) is 4.68. The Bertz CT molecular complexity index is 983. The van der Waals surface area contributed by atoms with Crippen LogP contribution in [0.4, 0.5) is 5.82 Å². The molecule has 2 aromatic rings. The molecule has 1 aromatic heterocycles. The quantitative estimate of drug-likeness (QED) is 0.562. The molecule has 26 heavy (non-hydrogen) atoms. The van der Waals surface area contributed by atoms with Gasteiger partial charge in [0.25, 0.3) is 5.56 Å². The summed E-state index contributed by atoms with van der Waals surface area (Å²) in [4.78, 5) is 33.1. The van der Waals surface area contributed by atoms with E-state index in [2.05, 4.69) is 31.2 Å². The van der Waals surface area contributed by atoms with Crippen molar-refractivity contribution in [3.8, 4) is 0 Å². The summed E-state index contributed by atoms with van der Waals surface area (Å²) >= 11 is 5.00. The Labute approximate surface area is 163 Å². The number of ketones is 1. The van der Waals surface area contributed by atoms with Crippen LogP contribution in [0.25, 0.3) is 0 Å². The lowest BCUT2D eigenvalue weighted by molar-refractivity contribution is -0.116. The molecule has 4 rings (SSSR count). The van der Waals surface area contributed by atoms with E-state index in [0.29, 0.717) is 28.5 Å². The lowest BCUT2D eigenvalue weighted by Gasteiger charge is -2.32. The second-order valence-electron chi connectivity index (χ2n) is 6.35. The van der Waals surface area contributed by atoms with Crippen molar-refractivity contribution in [3.63, 3.8) is 0 Å². The van der Waals surface area contributed by atoms with Crippen LogP contribution in [0.3, 0.4) is 0 Å². The van der Waals surface area contributed by atoms with Crippen LogP contribution in [0.2, 0.25) is 0 Å². The fourth-order valence-electron chi connectivity index (χ4n) is 3.67. The molecule has 134 valence electrons. The Morgan fingerprint density at radius 2 is 2.15 bits per heavy atom. The molecule has 2 N–H and O–H groups in total. The first-order valence-corrected chi connectivity index (χ1v) is 10.4. The molecule has 1 atom stereocenters. The zero-order chi connectivity index (χ0) is 18.3. The van der Waals surface area contributed by atoms with Crippen molar-refractivity contribution in [3.05, 3.63) is 61.5 Å². The van der Waals surface area contributed by atoms with Gasteiger partial charge in [0.05, 0.1) is 5.56 Å². The average molecular weight is 432 g/mol. The van der Waals surface area contributed by atoms with Gasteiger partial charge in [-0.3, -0.25) is 9.59 Å². The third-order valence-corrected chi connectivity index (χ3v) is 5.95. The van der Waals surface area contributed by atoms with Crippen LogP contribution in [0, 0.1) is 0 Å². The minimum Gasteiger partial charge on any atom is -0.343 e. The molecule has 0 bridgehead atoms. The summed E-state index contributed by atoms with van der Waals surface area (Å²) in [7, 11) is 0. The highest BCUT2D eigenvalue weighted by Gasteiger charge is 2.37. The van der Waals surface area contributed by atoms with Gasteiger partial charge in [-0.25, -0.2) is 4.98 Å². The SMILES string of the molecule is CCSc1nc2c(c(=O)[nH]1)[C@@H](c1cccc(Br)c1)C1=C(CCCC1=O)N2. The van der Waals surface area contributed by atoms with Crippen molar-refractivity contribution >= 4 is 39.3 Å². The Morgan fingerprint density at radius 3 is 2.92 bits per heavy atom. The van der Waals surface area contributed by atoms with Gasteiger partial charge >= 0.3 is 0 Å². The molecule has 0 saturated heterocycles. The highest BCUT2D eigenvalue weighted by atomic mass is 79.9. The number of aromatic nitrogens is 2. The highest BCUT2D eigenvalue weighted by molar-refractivity contribution is 9.10. The topological polar surface area (TPSA) is 74.8 Å². The molecule has 0 saturated carbocycles. The zero-order valence-electron chi connectivity index (χ0n) is 14.3. The molecule has 0 unspecified atom stereocenters. The second kappa shape index (κ2) is 7.04. The van der Waals surface area contributed by atoms with Crippen LogP contribution in [-0.4, -0.2) is 21.5 Å². The van der Waals surface area contributed by atoms with Crippen molar-refractivity contribution in [2.45, 2.75) is 37.3 Å². The third kappa shape index (κ3) is 3.03. The number of hydrogen-bond acceptors (Lipinski definition) is 5. The Morgan fingerprint density at radius 1 is 1.31 bits per heavy atom. The first kappa shape index (κ1) is 17.5. The van der Waals surface area contributed by atoms with Crippen LogP contribution in [0.1, 0.15) is 43.2 Å². The largest absolute Gasteiger partial charge is 0.343 e. The molecule has 0 spiro atoms. The van der Waals surface area contributed by atoms with Gasteiger partial charge in [0.1, 0.15) is 5.82 Å². The summed E-state index contributed by atoms with van der Waals surface area (Å²) in [5.74, 6) is 1.12. The number of benzene rings is 1. The first-order valence-electron chi connectivity index (χ1n) is 8.64. The molecule has 2 heterocycles. The maximum atomic E-state index is 12.9. The summed E-state index contributed by atoms with van der Waals surface area (Å²) < 4.78 is 0.919. The van der Waals surface area contributed by atoms with E-state index in [-0.39, 0.29) is 17.3 Å². The molecule has 2 aliphatic rings. The Hall–Kier alpha value is -1.86. The van der Waals surface area contributed by atoms with Gasteiger partial charge in [-0.15, -0.1) is 0 Å². The fraction of sp³-hybridized carbons (Fsp3) is 0.316. The monoisotopic (exact) mass is 431 g/mol. The number of carbonyl (C=O) groups is 1. The molecule has 1 aliphatic carbocycles. The van der Waals surface area contributed by atoms with E-state index in [4.69, 9.17) is 0 Å². The smallest absolute Gasteiger partial charge is 0.257 e. The predicted octanol–water partition coefficient (Wildman–Crippen LogP) is 4.21. The van der Waals surface area contributed by atoms with E-state index in [9.17, 15) is 9.59 Å². The van der Waals surface area contributed by atoms with Gasteiger partial charge < -0.3 is 10.3 Å². The van der Waals surface area contributed by atoms with Gasteiger partial charge in [0.15, 0.2) is 10.9 Å². The Balaban J connectivity index is 1.96. The molecule has 0 fully saturated rings. The van der Waals surface area contributed by atoms with Crippen molar-refractivity contribution < 1.29 is 4.79 Å². The van der Waals surface area contributed by atoms with Gasteiger partial charge in [0, 0.05) is 28.1 Å². The lowest BCUT2D eigenvalue weighted by Crippen LogP contribution is -2.32. The van der Waals surface area contributed by atoms with Gasteiger partial charge in [-0.05, 0) is 36.3 Å². The van der Waals surface area contributed by atoms with Crippen LogP contribution in [0.5, 0.6) is 0 Å². The maximum absolute atomic E-state index is 12.9. The number of fused-ring (bicyclic) bond motifs is 1. The van der Waals surface area contributed by atoms with Crippen LogP contribution >= 0.6 is 27.7 Å². The summed E-state index contributed by atoms with van der Waals surface area (Å²) in [5.41, 5.74) is 2.88. The summed E-state index contributed by atoms with van der Waals surface area (Å²) in [5, 5.41) is 3.89. The van der Waals surface area contributed by atoms with Crippen LogP contribution in [0.15, 0.2) is 50.0 Å². The highest BCUT2D eigenvalue weighted by Crippen LogP contribution is 2.43. The van der Waals surface area contributed by atoms with Crippen LogP contribution < -0.4 is 10.9 Å². The number of nitrogens with one attached hydrogen (secondary N) is 2. The molecular weight excluding hydrogens is 414 g/mol. The number of thioether (sulfide) groups is 1. The summed E-state index contributed by atoms with van der Waals surface area (Å²) in [6.45, 7) is 2.02. The van der Waals surface area contributed by atoms with Crippen molar-refractivity contribution in [1.82, 2.24) is 9.97 Å². The summed E-state index contributed by atoms with van der Waals surface area (Å²) in [6.07, 6.45) is 2.15. The third-order valence-electron chi connectivity index (χ3n) is 4.70. The number of halogens is 1. The van der Waals surface area contributed by atoms with Crippen molar-refractivity contribution in [2.24, 2.45) is 0 Å². The second-order valence-corrected chi connectivity index (χ2v) is 8.52. The minimum absolute atomic E-state index is 0.112. The number of hydrogen-bond donors (Lipinski definition) is 2. The number of H-pyrrole nitrogens is 1. The van der Waals surface area contributed by atoms with Crippen LogP contribution in [-0.2, 0) is 4.79 Å². The number of anilines is 1. The van der Waals surface area contributed by atoms with E-state index in [1.807, 2.05) is 31.2 Å². The van der Waals surface area contributed by atoms with E-state index in [1.165, 1.54) is 11.8 Å². The molecule has 5 nitrogen and oxygen atoms in total. The normalized spacial score (nSPS) is 19.0. The first-order chi connectivity index (χ1) is 12.6. The van der Waals surface area contributed by atoms with E-state index < -0.39 is 0 Å². The number of Topliss-reactive ketones (excluding diaryl/α,β-unsaturated/α-hetero) is 1. The molecule has 1 aromatic carbocycles. The van der Waals surface area contributed by atoms with E-state index in [1.54, 1.807) is 0 Å². The minimum atomic E-state index is -0.386. The maximum Gasteiger partial charge on any atom is 0.257 e. The molecule has 0 amide bonds. The van der Waals surface area contributed by atoms with Crippen molar-refractivity contribution in [1.29, 1.82) is 0 Å². The molecule has 1 aliphatic heterocycles. The molecule has 0 radical (unpaired) electrons. The zero-order valence-corrected chi connectivity index (χ0v) is 16.7. The molecule has 7 heteroatoms. The number of nitrogens with zero attached hydrogens (tertiary/aromatic N) is 1. The van der Waals surface area contributed by atoms with Gasteiger partial charge in [-0.2, -0.15) is 0 Å². The van der Waals surface area contributed by atoms with E-state index >= 15 is 0 Å². The van der Waals surface area contributed by atoms with Gasteiger partial charge in [-0.1, -0.05) is 46.7 Å². The number of carbonyl (C=O) groups excluding carboxylic acids is 1. The predicted molar refractivity (Wildman–Crippen MR) is 107 cm³/mol. The van der Waals surface area contributed by atoms with E-state index in [0.717, 1.165) is 34.3 Å². The number of rotatable bonds is 3. The summed E-state index contributed by atoms with van der Waals surface area (Å²) in [6, 6.07) is 7.80. The number of aromatic amines is 1. The standard InChI is InChI=1S/C19H18BrN3O2S/c1-2-26-19-22-17-16(18(25)23-19)14(10-5-3-6-11(20)9-10)15-12(21-17)7-4-8-13(15)24/h3,5-6,9,14H,2,4,7-8H2,1H3,(H2,21,22,23,25)/t14-/m0/s1. The average Bonchev–Trinajstić information content (AvgIpc) is 2.60. The number of allylic oxidation sites excluding steroid dienone is 2. The Kier molecular flexibility index (Phi) is 4.75. The van der Waals surface area contributed by atoms with Gasteiger partial charge in [0.2, 0.25) is 0 Å². The lowest BCUT2D eigenvalue weighted by atomic mass is 9.76. The van der Waals surface area contributed by atoms with Crippen molar-refractivity contribution in [2.75, 3.05) is 11.1 Å².